The van der Waals surface area contributed by atoms with E-state index in [9.17, 15) is 4.79 Å². The minimum absolute atomic E-state index is 0.0242. The van der Waals surface area contributed by atoms with Crippen LogP contribution in [0.15, 0.2) is 18.3 Å². The van der Waals surface area contributed by atoms with Crippen LogP contribution in [0.4, 0.5) is 0 Å². The number of rotatable bonds is 3. The lowest BCUT2D eigenvalue weighted by molar-refractivity contribution is 0.0935. The van der Waals surface area contributed by atoms with Crippen LogP contribution in [0.25, 0.3) is 0 Å². The Hall–Kier alpha value is -1.42. The SMILES string of the molecule is Cc1cccnc1C(=O)NC(C)CN. The lowest BCUT2D eigenvalue weighted by Gasteiger charge is -2.11. The van der Waals surface area contributed by atoms with Gasteiger partial charge in [-0.3, -0.25) is 9.78 Å². The van der Waals surface area contributed by atoms with Gasteiger partial charge in [0.25, 0.3) is 5.91 Å². The third kappa shape index (κ3) is 2.53. The van der Waals surface area contributed by atoms with E-state index in [2.05, 4.69) is 10.3 Å². The Labute approximate surface area is 83.5 Å². The second-order valence-corrected chi connectivity index (χ2v) is 3.28. The molecule has 1 amide bonds. The summed E-state index contributed by atoms with van der Waals surface area (Å²) in [6.07, 6.45) is 1.61. The van der Waals surface area contributed by atoms with Gasteiger partial charge in [0, 0.05) is 18.8 Å². The van der Waals surface area contributed by atoms with Gasteiger partial charge in [-0.15, -0.1) is 0 Å². The van der Waals surface area contributed by atoms with Gasteiger partial charge in [0.2, 0.25) is 0 Å². The van der Waals surface area contributed by atoms with Crippen molar-refractivity contribution in [2.24, 2.45) is 5.73 Å². The lowest BCUT2D eigenvalue weighted by atomic mass is 10.2. The van der Waals surface area contributed by atoms with E-state index < -0.39 is 0 Å². The summed E-state index contributed by atoms with van der Waals surface area (Å²) in [5, 5.41) is 2.76. The molecule has 0 radical (unpaired) electrons. The Morgan fingerprint density at radius 1 is 1.71 bits per heavy atom. The summed E-state index contributed by atoms with van der Waals surface area (Å²) in [5.41, 5.74) is 6.74. The zero-order valence-electron chi connectivity index (χ0n) is 8.45. The summed E-state index contributed by atoms with van der Waals surface area (Å²) in [4.78, 5) is 15.6. The number of hydrogen-bond donors (Lipinski definition) is 2. The molecule has 1 rings (SSSR count). The van der Waals surface area contributed by atoms with Crippen LogP contribution in [0.3, 0.4) is 0 Å². The molecule has 0 spiro atoms. The van der Waals surface area contributed by atoms with Crippen molar-refractivity contribution in [1.82, 2.24) is 10.3 Å². The maximum atomic E-state index is 11.6. The molecule has 1 aromatic rings. The van der Waals surface area contributed by atoms with Crippen LogP contribution in [0.1, 0.15) is 23.0 Å². The molecule has 0 aromatic carbocycles. The number of aryl methyl sites for hydroxylation is 1. The number of hydrogen-bond acceptors (Lipinski definition) is 3. The Morgan fingerprint density at radius 3 is 3.00 bits per heavy atom. The minimum Gasteiger partial charge on any atom is -0.347 e. The number of nitrogens with two attached hydrogens (primary N) is 1. The normalized spacial score (nSPS) is 12.2. The first-order valence-corrected chi connectivity index (χ1v) is 4.57. The number of nitrogens with one attached hydrogen (secondary N) is 1. The van der Waals surface area contributed by atoms with Crippen LogP contribution in [0, 0.1) is 6.92 Å². The molecular weight excluding hydrogens is 178 g/mol. The Bertz CT molecular complexity index is 325. The second-order valence-electron chi connectivity index (χ2n) is 3.28. The molecule has 4 nitrogen and oxygen atoms in total. The highest BCUT2D eigenvalue weighted by Gasteiger charge is 2.11. The zero-order chi connectivity index (χ0) is 10.6. The quantitative estimate of drug-likeness (QED) is 0.733. The number of pyridine rings is 1. The minimum atomic E-state index is -0.166. The summed E-state index contributed by atoms with van der Waals surface area (Å²) in [5.74, 6) is -0.166. The van der Waals surface area contributed by atoms with Gasteiger partial charge in [-0.25, -0.2) is 0 Å². The molecule has 0 fully saturated rings. The van der Waals surface area contributed by atoms with Gasteiger partial charge in [-0.05, 0) is 25.5 Å². The molecule has 0 saturated heterocycles. The monoisotopic (exact) mass is 193 g/mol. The van der Waals surface area contributed by atoms with Gasteiger partial charge in [-0.1, -0.05) is 6.07 Å². The van der Waals surface area contributed by atoms with Crippen LogP contribution >= 0.6 is 0 Å². The molecule has 0 aliphatic rings. The van der Waals surface area contributed by atoms with E-state index in [1.165, 1.54) is 0 Å². The molecule has 1 atom stereocenters. The fraction of sp³-hybridized carbons (Fsp3) is 0.400. The van der Waals surface area contributed by atoms with Gasteiger partial charge in [0.15, 0.2) is 0 Å². The Balaban J connectivity index is 2.75. The largest absolute Gasteiger partial charge is 0.347 e. The number of carbonyl (C=O) groups is 1. The average Bonchev–Trinajstić information content (AvgIpc) is 2.18. The van der Waals surface area contributed by atoms with Gasteiger partial charge < -0.3 is 11.1 Å². The summed E-state index contributed by atoms with van der Waals surface area (Å²) in [6, 6.07) is 3.64. The van der Waals surface area contributed by atoms with E-state index in [-0.39, 0.29) is 11.9 Å². The van der Waals surface area contributed by atoms with Gasteiger partial charge in [-0.2, -0.15) is 0 Å². The van der Waals surface area contributed by atoms with Gasteiger partial charge in [0.05, 0.1) is 0 Å². The molecule has 3 N–H and O–H groups in total. The third-order valence-electron chi connectivity index (χ3n) is 1.96. The van der Waals surface area contributed by atoms with Crippen molar-refractivity contribution in [2.45, 2.75) is 19.9 Å². The summed E-state index contributed by atoms with van der Waals surface area (Å²) < 4.78 is 0. The topological polar surface area (TPSA) is 68.0 Å². The van der Waals surface area contributed by atoms with Crippen molar-refractivity contribution in [1.29, 1.82) is 0 Å². The van der Waals surface area contributed by atoms with Crippen molar-refractivity contribution < 1.29 is 4.79 Å². The van der Waals surface area contributed by atoms with Crippen molar-refractivity contribution in [3.63, 3.8) is 0 Å². The van der Waals surface area contributed by atoms with E-state index in [4.69, 9.17) is 5.73 Å². The molecule has 0 saturated carbocycles. The van der Waals surface area contributed by atoms with Crippen LogP contribution in [0.2, 0.25) is 0 Å². The molecule has 0 aliphatic heterocycles. The molecule has 0 bridgehead atoms. The van der Waals surface area contributed by atoms with Crippen molar-refractivity contribution in [3.05, 3.63) is 29.6 Å². The first-order valence-electron chi connectivity index (χ1n) is 4.57. The highest BCUT2D eigenvalue weighted by molar-refractivity contribution is 5.93. The third-order valence-corrected chi connectivity index (χ3v) is 1.96. The number of carbonyl (C=O) groups excluding carboxylic acids is 1. The Kier molecular flexibility index (Phi) is 3.59. The van der Waals surface area contributed by atoms with E-state index in [1.54, 1.807) is 12.3 Å². The highest BCUT2D eigenvalue weighted by Crippen LogP contribution is 2.02. The van der Waals surface area contributed by atoms with Crippen molar-refractivity contribution in [2.75, 3.05) is 6.54 Å². The zero-order valence-corrected chi connectivity index (χ0v) is 8.45. The molecule has 76 valence electrons. The molecule has 1 heterocycles. The number of nitrogens with zero attached hydrogens (tertiary/aromatic N) is 1. The fourth-order valence-electron chi connectivity index (χ4n) is 1.07. The smallest absolute Gasteiger partial charge is 0.270 e. The van der Waals surface area contributed by atoms with Crippen LogP contribution in [0.5, 0.6) is 0 Å². The first kappa shape index (κ1) is 10.7. The molecule has 1 aromatic heterocycles. The predicted molar refractivity (Wildman–Crippen MR) is 55.0 cm³/mol. The lowest BCUT2D eigenvalue weighted by Crippen LogP contribution is -2.38. The van der Waals surface area contributed by atoms with Crippen LogP contribution < -0.4 is 11.1 Å². The van der Waals surface area contributed by atoms with E-state index >= 15 is 0 Å². The molecule has 14 heavy (non-hydrogen) atoms. The second kappa shape index (κ2) is 4.72. The first-order chi connectivity index (χ1) is 6.65. The maximum Gasteiger partial charge on any atom is 0.270 e. The van der Waals surface area contributed by atoms with E-state index in [0.717, 1.165) is 5.56 Å². The van der Waals surface area contributed by atoms with Gasteiger partial charge >= 0.3 is 0 Å². The Morgan fingerprint density at radius 2 is 2.43 bits per heavy atom. The maximum absolute atomic E-state index is 11.6. The van der Waals surface area contributed by atoms with E-state index in [0.29, 0.717) is 12.2 Å². The summed E-state index contributed by atoms with van der Waals surface area (Å²) in [6.45, 7) is 4.14. The van der Waals surface area contributed by atoms with E-state index in [1.807, 2.05) is 19.9 Å². The predicted octanol–water partition coefficient (Wildman–Crippen LogP) is 0.467. The van der Waals surface area contributed by atoms with Crippen molar-refractivity contribution >= 4 is 5.91 Å². The average molecular weight is 193 g/mol. The van der Waals surface area contributed by atoms with Crippen LogP contribution in [-0.4, -0.2) is 23.5 Å². The molecule has 4 heteroatoms. The van der Waals surface area contributed by atoms with Gasteiger partial charge in [0.1, 0.15) is 5.69 Å². The molecule has 1 unspecified atom stereocenters. The standard InChI is InChI=1S/C10H15N3O/c1-7-4-3-5-12-9(7)10(14)13-8(2)6-11/h3-5,8H,6,11H2,1-2H3,(H,13,14). The molecular formula is C10H15N3O. The summed E-state index contributed by atoms with van der Waals surface area (Å²) in [7, 11) is 0. The highest BCUT2D eigenvalue weighted by atomic mass is 16.1. The number of aromatic nitrogens is 1. The summed E-state index contributed by atoms with van der Waals surface area (Å²) >= 11 is 0. The fourth-order valence-corrected chi connectivity index (χ4v) is 1.07. The number of amides is 1. The van der Waals surface area contributed by atoms with Crippen LogP contribution in [-0.2, 0) is 0 Å². The van der Waals surface area contributed by atoms with Crippen molar-refractivity contribution in [3.8, 4) is 0 Å². The molecule has 0 aliphatic carbocycles.